The first-order valence-corrected chi connectivity index (χ1v) is 12.7. The van der Waals surface area contributed by atoms with E-state index < -0.39 is 11.7 Å². The molecule has 0 unspecified atom stereocenters. The molecule has 4 nitrogen and oxygen atoms in total. The van der Waals surface area contributed by atoms with Crippen LogP contribution in [0, 0.1) is 0 Å². The first kappa shape index (κ1) is 22.9. The lowest BCUT2D eigenvalue weighted by molar-refractivity contribution is -0.137. The quantitative estimate of drug-likeness (QED) is 0.530. The summed E-state index contributed by atoms with van der Waals surface area (Å²) in [6.07, 6.45) is 0.505. The van der Waals surface area contributed by atoms with E-state index in [4.69, 9.17) is 5.73 Å². The Labute approximate surface area is 197 Å². The minimum atomic E-state index is -4.37. The molecule has 0 aliphatic carbocycles. The molecular formula is C25H31F3N4S. The van der Waals surface area contributed by atoms with E-state index in [1.54, 1.807) is 0 Å². The van der Waals surface area contributed by atoms with E-state index in [2.05, 4.69) is 33.3 Å². The number of halogens is 3. The Morgan fingerprint density at radius 2 is 1.76 bits per heavy atom. The number of nitrogens with one attached hydrogen (secondary N) is 1. The van der Waals surface area contributed by atoms with Crippen LogP contribution in [0.3, 0.4) is 0 Å². The molecule has 0 aromatic heterocycles. The fourth-order valence-electron chi connectivity index (χ4n) is 5.18. The molecule has 3 heterocycles. The molecule has 0 bridgehead atoms. The summed E-state index contributed by atoms with van der Waals surface area (Å²) >= 11 is 1.48. The van der Waals surface area contributed by atoms with Crippen LogP contribution in [-0.4, -0.2) is 50.2 Å². The number of piperidine rings is 1. The molecular weight excluding hydrogens is 445 g/mol. The molecule has 0 amide bonds. The second-order valence-corrected chi connectivity index (χ2v) is 10.4. The molecule has 2 saturated heterocycles. The van der Waals surface area contributed by atoms with Gasteiger partial charge >= 0.3 is 6.18 Å². The number of anilines is 2. The maximum atomic E-state index is 13.8. The fraction of sp³-hybridized carbons (Fsp3) is 0.520. The van der Waals surface area contributed by atoms with Crippen molar-refractivity contribution in [3.05, 3.63) is 47.0 Å². The second kappa shape index (κ2) is 9.39. The predicted octanol–water partition coefficient (Wildman–Crippen LogP) is 5.20. The zero-order valence-electron chi connectivity index (χ0n) is 18.8. The van der Waals surface area contributed by atoms with Crippen molar-refractivity contribution in [2.24, 2.45) is 5.73 Å². The van der Waals surface area contributed by atoms with Crippen molar-refractivity contribution in [1.82, 2.24) is 4.90 Å². The van der Waals surface area contributed by atoms with Crippen molar-refractivity contribution >= 4 is 23.1 Å². The van der Waals surface area contributed by atoms with Gasteiger partial charge in [0, 0.05) is 72.9 Å². The largest absolute Gasteiger partial charge is 0.416 e. The molecule has 5 rings (SSSR count). The van der Waals surface area contributed by atoms with Gasteiger partial charge in [-0.2, -0.15) is 13.2 Å². The highest BCUT2D eigenvalue weighted by molar-refractivity contribution is 7.99. The number of rotatable bonds is 5. The van der Waals surface area contributed by atoms with Crippen LogP contribution >= 0.6 is 11.8 Å². The van der Waals surface area contributed by atoms with Crippen LogP contribution in [0.2, 0.25) is 0 Å². The van der Waals surface area contributed by atoms with Gasteiger partial charge in [0.15, 0.2) is 0 Å². The summed E-state index contributed by atoms with van der Waals surface area (Å²) in [7, 11) is 0. The molecule has 0 radical (unpaired) electrons. The average Bonchev–Trinajstić information content (AvgIpc) is 3.33. The summed E-state index contributed by atoms with van der Waals surface area (Å²) in [6, 6.07) is 9.31. The maximum absolute atomic E-state index is 13.8. The van der Waals surface area contributed by atoms with Gasteiger partial charge in [0.1, 0.15) is 0 Å². The molecule has 33 heavy (non-hydrogen) atoms. The highest BCUT2D eigenvalue weighted by Crippen LogP contribution is 2.46. The SMILES string of the molecule is NCCN1CCC(Nc2cc(C(F)(F)F)cc3c2Cc2ccc(N4CCCC4)cc2S3)CC1. The normalized spacial score (nSPS) is 19.5. The van der Waals surface area contributed by atoms with Crippen LogP contribution in [0.15, 0.2) is 40.1 Å². The highest BCUT2D eigenvalue weighted by Gasteiger charge is 2.34. The summed E-state index contributed by atoms with van der Waals surface area (Å²) in [4.78, 5) is 6.49. The van der Waals surface area contributed by atoms with Gasteiger partial charge in [-0.25, -0.2) is 0 Å². The number of benzene rings is 2. The number of nitrogens with zero attached hydrogens (tertiary/aromatic N) is 2. The standard InChI is InChI=1S/C25H31F3N4S/c26-25(27,28)18-14-22(30-19-5-10-31(11-6-19)12-7-29)21-13-17-3-4-20(32-8-1-2-9-32)16-23(17)33-24(21)15-18/h3-4,14-16,19,30H,1-2,5-13,29H2. The van der Waals surface area contributed by atoms with Gasteiger partial charge in [-0.05, 0) is 61.1 Å². The van der Waals surface area contributed by atoms with E-state index in [-0.39, 0.29) is 6.04 Å². The summed E-state index contributed by atoms with van der Waals surface area (Å²) < 4.78 is 41.3. The van der Waals surface area contributed by atoms with E-state index >= 15 is 0 Å². The number of alkyl halides is 3. The van der Waals surface area contributed by atoms with Gasteiger partial charge in [0.25, 0.3) is 0 Å². The number of hydrogen-bond donors (Lipinski definition) is 2. The lowest BCUT2D eigenvalue weighted by Gasteiger charge is -2.34. The van der Waals surface area contributed by atoms with Crippen molar-refractivity contribution in [1.29, 1.82) is 0 Å². The molecule has 2 fully saturated rings. The van der Waals surface area contributed by atoms with Crippen molar-refractivity contribution < 1.29 is 13.2 Å². The van der Waals surface area contributed by atoms with Gasteiger partial charge in [0.2, 0.25) is 0 Å². The summed E-state index contributed by atoms with van der Waals surface area (Å²) in [5.41, 5.74) is 9.08. The molecule has 3 aliphatic heterocycles. The van der Waals surface area contributed by atoms with E-state index in [1.807, 2.05) is 0 Å². The molecule has 0 saturated carbocycles. The molecule has 2 aromatic rings. The monoisotopic (exact) mass is 476 g/mol. The Balaban J connectivity index is 1.42. The Kier molecular flexibility index (Phi) is 6.51. The molecule has 3 aliphatic rings. The number of fused-ring (bicyclic) bond motifs is 2. The third-order valence-corrected chi connectivity index (χ3v) is 8.22. The Hall–Kier alpha value is -1.90. The predicted molar refractivity (Wildman–Crippen MR) is 128 cm³/mol. The van der Waals surface area contributed by atoms with E-state index in [0.29, 0.717) is 18.7 Å². The first-order chi connectivity index (χ1) is 15.9. The number of nitrogens with two attached hydrogens (primary N) is 1. The van der Waals surface area contributed by atoms with Crippen LogP contribution in [-0.2, 0) is 12.6 Å². The van der Waals surface area contributed by atoms with Crippen LogP contribution in [0.5, 0.6) is 0 Å². The topological polar surface area (TPSA) is 44.5 Å². The summed E-state index contributed by atoms with van der Waals surface area (Å²) in [5.74, 6) is 0. The zero-order chi connectivity index (χ0) is 23.0. The van der Waals surface area contributed by atoms with E-state index in [0.717, 1.165) is 60.9 Å². The van der Waals surface area contributed by atoms with Crippen LogP contribution in [0.1, 0.15) is 42.4 Å². The molecule has 2 aromatic carbocycles. The van der Waals surface area contributed by atoms with Crippen LogP contribution in [0.25, 0.3) is 0 Å². The van der Waals surface area contributed by atoms with Gasteiger partial charge < -0.3 is 20.9 Å². The van der Waals surface area contributed by atoms with Crippen molar-refractivity contribution in [3.8, 4) is 0 Å². The lowest BCUT2D eigenvalue weighted by Crippen LogP contribution is -2.41. The van der Waals surface area contributed by atoms with Gasteiger partial charge in [0.05, 0.1) is 5.56 Å². The van der Waals surface area contributed by atoms with Crippen LogP contribution in [0.4, 0.5) is 24.5 Å². The lowest BCUT2D eigenvalue weighted by atomic mass is 9.98. The van der Waals surface area contributed by atoms with Crippen molar-refractivity contribution in [2.75, 3.05) is 49.5 Å². The minimum Gasteiger partial charge on any atom is -0.382 e. The van der Waals surface area contributed by atoms with Gasteiger partial charge in [-0.3, -0.25) is 0 Å². The smallest absolute Gasteiger partial charge is 0.382 e. The summed E-state index contributed by atoms with van der Waals surface area (Å²) in [6.45, 7) is 5.46. The third-order valence-electron chi connectivity index (χ3n) is 7.04. The van der Waals surface area contributed by atoms with E-state index in [9.17, 15) is 13.2 Å². The Morgan fingerprint density at radius 3 is 2.45 bits per heavy atom. The highest BCUT2D eigenvalue weighted by atomic mass is 32.2. The van der Waals surface area contributed by atoms with Crippen molar-refractivity contribution in [3.63, 3.8) is 0 Å². The minimum absolute atomic E-state index is 0.176. The molecule has 178 valence electrons. The van der Waals surface area contributed by atoms with Crippen LogP contribution < -0.4 is 16.0 Å². The maximum Gasteiger partial charge on any atom is 0.416 e. The zero-order valence-corrected chi connectivity index (χ0v) is 19.6. The van der Waals surface area contributed by atoms with E-state index in [1.165, 1.54) is 48.0 Å². The number of hydrogen-bond acceptors (Lipinski definition) is 5. The Bertz CT molecular complexity index is 996. The first-order valence-electron chi connectivity index (χ1n) is 11.9. The molecule has 3 N–H and O–H groups in total. The second-order valence-electron chi connectivity index (χ2n) is 9.31. The van der Waals surface area contributed by atoms with Gasteiger partial charge in [-0.1, -0.05) is 17.8 Å². The number of likely N-dealkylation sites (tertiary alicyclic amines) is 1. The fourth-order valence-corrected chi connectivity index (χ4v) is 6.36. The third kappa shape index (κ3) is 4.98. The summed E-state index contributed by atoms with van der Waals surface area (Å²) in [5, 5.41) is 3.49. The van der Waals surface area contributed by atoms with Gasteiger partial charge in [-0.15, -0.1) is 0 Å². The molecule has 0 spiro atoms. The Morgan fingerprint density at radius 1 is 1.00 bits per heavy atom. The van der Waals surface area contributed by atoms with Crippen molar-refractivity contribution in [2.45, 2.75) is 54.1 Å². The average molecular weight is 477 g/mol. The molecule has 8 heteroatoms. The molecule has 0 atom stereocenters.